The highest BCUT2D eigenvalue weighted by Crippen LogP contribution is 2.29. The first kappa shape index (κ1) is 19.6. The molecule has 4 rings (SSSR count). The Morgan fingerprint density at radius 1 is 0.966 bits per heavy atom. The predicted molar refractivity (Wildman–Crippen MR) is 107 cm³/mol. The Kier molecular flexibility index (Phi) is 5.41. The maximum absolute atomic E-state index is 13.4. The van der Waals surface area contributed by atoms with Crippen LogP contribution in [0.25, 0.3) is 0 Å². The first-order valence-electron chi connectivity index (χ1n) is 9.47. The van der Waals surface area contributed by atoms with Gasteiger partial charge in [0.15, 0.2) is 0 Å². The van der Waals surface area contributed by atoms with Crippen LogP contribution in [0.5, 0.6) is 0 Å². The largest absolute Gasteiger partial charge is 0.368 e. The number of halogens is 3. The van der Waals surface area contributed by atoms with E-state index >= 15 is 0 Å². The standard InChI is InChI=1S/C21H20ClF2N3O2/c22-18-12-17(5-6-19(18)24)27-13-14(11-20(27)28)21(29)26-9-7-25(8-10-26)16-3-1-15(23)2-4-16/h1-6,12,14H,7-11,13H2/t14-/m0/s1. The lowest BCUT2D eigenvalue weighted by atomic mass is 10.1. The summed E-state index contributed by atoms with van der Waals surface area (Å²) in [5, 5.41) is -0.0537. The number of benzene rings is 2. The Labute approximate surface area is 172 Å². The molecule has 2 saturated heterocycles. The number of anilines is 2. The molecule has 2 aliphatic heterocycles. The summed E-state index contributed by atoms with van der Waals surface area (Å²) >= 11 is 5.82. The normalized spacial score (nSPS) is 19.8. The first-order valence-corrected chi connectivity index (χ1v) is 9.85. The molecule has 29 heavy (non-hydrogen) atoms. The fourth-order valence-corrected chi connectivity index (χ4v) is 4.05. The third-order valence-electron chi connectivity index (χ3n) is 5.47. The van der Waals surface area contributed by atoms with Crippen molar-refractivity contribution in [2.24, 2.45) is 5.92 Å². The quantitative estimate of drug-likeness (QED) is 0.766. The maximum atomic E-state index is 13.4. The van der Waals surface area contributed by atoms with Crippen LogP contribution in [0, 0.1) is 17.6 Å². The van der Waals surface area contributed by atoms with Crippen molar-refractivity contribution in [2.75, 3.05) is 42.5 Å². The van der Waals surface area contributed by atoms with Gasteiger partial charge in [-0.2, -0.15) is 0 Å². The van der Waals surface area contributed by atoms with Gasteiger partial charge < -0.3 is 14.7 Å². The zero-order valence-electron chi connectivity index (χ0n) is 15.7. The summed E-state index contributed by atoms with van der Waals surface area (Å²) in [5.41, 5.74) is 1.42. The summed E-state index contributed by atoms with van der Waals surface area (Å²) in [6.45, 7) is 2.65. The first-order chi connectivity index (χ1) is 13.9. The van der Waals surface area contributed by atoms with Crippen molar-refractivity contribution in [2.45, 2.75) is 6.42 Å². The summed E-state index contributed by atoms with van der Waals surface area (Å²) in [6.07, 6.45) is 0.131. The zero-order chi connectivity index (χ0) is 20.5. The van der Waals surface area contributed by atoms with Gasteiger partial charge in [-0.15, -0.1) is 0 Å². The van der Waals surface area contributed by atoms with E-state index in [1.54, 1.807) is 17.0 Å². The Morgan fingerprint density at radius 2 is 1.62 bits per heavy atom. The zero-order valence-corrected chi connectivity index (χ0v) is 16.4. The van der Waals surface area contributed by atoms with E-state index in [2.05, 4.69) is 4.90 Å². The number of hydrogen-bond donors (Lipinski definition) is 0. The molecule has 0 N–H and O–H groups in total. The van der Waals surface area contributed by atoms with Gasteiger partial charge in [0.1, 0.15) is 11.6 Å². The van der Waals surface area contributed by atoms with Crippen LogP contribution >= 0.6 is 11.6 Å². The smallest absolute Gasteiger partial charge is 0.228 e. The minimum Gasteiger partial charge on any atom is -0.368 e. The lowest BCUT2D eigenvalue weighted by molar-refractivity contribution is -0.136. The van der Waals surface area contributed by atoms with E-state index < -0.39 is 11.7 Å². The van der Waals surface area contributed by atoms with E-state index in [-0.39, 0.29) is 35.6 Å². The third-order valence-corrected chi connectivity index (χ3v) is 5.76. The van der Waals surface area contributed by atoms with Crippen LogP contribution in [0.15, 0.2) is 42.5 Å². The van der Waals surface area contributed by atoms with Gasteiger partial charge in [0, 0.05) is 50.5 Å². The molecule has 0 radical (unpaired) electrons. The van der Waals surface area contributed by atoms with Crippen molar-refractivity contribution in [1.82, 2.24) is 4.90 Å². The number of rotatable bonds is 3. The number of amides is 2. The van der Waals surface area contributed by atoms with E-state index in [1.165, 1.54) is 35.2 Å². The van der Waals surface area contributed by atoms with Gasteiger partial charge in [-0.3, -0.25) is 9.59 Å². The maximum Gasteiger partial charge on any atom is 0.228 e. The van der Waals surface area contributed by atoms with Crippen molar-refractivity contribution in [1.29, 1.82) is 0 Å². The number of carbonyl (C=O) groups is 2. The summed E-state index contributed by atoms with van der Waals surface area (Å²) in [4.78, 5) is 30.7. The topological polar surface area (TPSA) is 43.9 Å². The van der Waals surface area contributed by atoms with E-state index in [4.69, 9.17) is 11.6 Å². The highest BCUT2D eigenvalue weighted by Gasteiger charge is 2.38. The molecule has 2 aromatic rings. The van der Waals surface area contributed by atoms with Crippen molar-refractivity contribution in [3.05, 3.63) is 59.1 Å². The Balaban J connectivity index is 1.37. The fourth-order valence-electron chi connectivity index (χ4n) is 3.87. The molecule has 0 aromatic heterocycles. The van der Waals surface area contributed by atoms with Crippen LogP contribution in [0.1, 0.15) is 6.42 Å². The van der Waals surface area contributed by atoms with Crippen molar-refractivity contribution >= 4 is 34.8 Å². The van der Waals surface area contributed by atoms with Gasteiger partial charge in [0.2, 0.25) is 11.8 Å². The molecule has 2 heterocycles. The molecule has 0 saturated carbocycles. The molecule has 1 atom stereocenters. The number of nitrogens with zero attached hydrogens (tertiary/aromatic N) is 3. The van der Waals surface area contributed by atoms with E-state index in [1.807, 2.05) is 0 Å². The molecule has 5 nitrogen and oxygen atoms in total. The molecule has 8 heteroatoms. The Bertz CT molecular complexity index is 930. The minimum absolute atomic E-state index is 0.0483. The van der Waals surface area contributed by atoms with Gasteiger partial charge in [0.25, 0.3) is 0 Å². The van der Waals surface area contributed by atoms with Gasteiger partial charge in [-0.1, -0.05) is 11.6 Å². The minimum atomic E-state index is -0.547. The van der Waals surface area contributed by atoms with Gasteiger partial charge in [0.05, 0.1) is 10.9 Å². The van der Waals surface area contributed by atoms with Crippen LogP contribution < -0.4 is 9.80 Å². The third kappa shape index (κ3) is 4.05. The van der Waals surface area contributed by atoms with Crippen molar-refractivity contribution in [3.8, 4) is 0 Å². The summed E-state index contributed by atoms with van der Waals surface area (Å²) < 4.78 is 26.5. The molecular weight excluding hydrogens is 400 g/mol. The number of hydrogen-bond acceptors (Lipinski definition) is 3. The lowest BCUT2D eigenvalue weighted by Crippen LogP contribution is -2.50. The molecule has 2 aliphatic rings. The molecule has 2 amide bonds. The average molecular weight is 420 g/mol. The molecule has 0 spiro atoms. The SMILES string of the molecule is O=C([C@H]1CC(=O)N(c2ccc(F)c(Cl)c2)C1)N1CCN(c2ccc(F)cc2)CC1. The monoisotopic (exact) mass is 419 g/mol. The van der Waals surface area contributed by atoms with Crippen LogP contribution in [0.4, 0.5) is 20.2 Å². The second-order valence-corrected chi connectivity index (χ2v) is 7.70. The van der Waals surface area contributed by atoms with Gasteiger partial charge in [-0.25, -0.2) is 8.78 Å². The Hall–Kier alpha value is -2.67. The summed E-state index contributed by atoms with van der Waals surface area (Å²) in [5.74, 6) is -1.47. The Morgan fingerprint density at radius 3 is 2.28 bits per heavy atom. The van der Waals surface area contributed by atoms with Crippen LogP contribution in [0.2, 0.25) is 5.02 Å². The number of piperazine rings is 1. The summed E-state index contributed by atoms with van der Waals surface area (Å²) in [7, 11) is 0. The van der Waals surface area contributed by atoms with Crippen molar-refractivity contribution in [3.63, 3.8) is 0 Å². The van der Waals surface area contributed by atoms with Crippen molar-refractivity contribution < 1.29 is 18.4 Å². The molecule has 2 aromatic carbocycles. The molecule has 2 fully saturated rings. The van der Waals surface area contributed by atoms with E-state index in [0.29, 0.717) is 31.9 Å². The van der Waals surface area contributed by atoms with Gasteiger partial charge >= 0.3 is 0 Å². The van der Waals surface area contributed by atoms with Crippen LogP contribution in [0.3, 0.4) is 0 Å². The second-order valence-electron chi connectivity index (χ2n) is 7.29. The predicted octanol–water partition coefficient (Wildman–Crippen LogP) is 3.32. The molecule has 0 aliphatic carbocycles. The molecule has 152 valence electrons. The molecule has 0 unspecified atom stereocenters. The molecular formula is C21H20ClF2N3O2. The molecule has 0 bridgehead atoms. The average Bonchev–Trinajstić information content (AvgIpc) is 3.12. The van der Waals surface area contributed by atoms with Crippen LogP contribution in [-0.2, 0) is 9.59 Å². The van der Waals surface area contributed by atoms with Crippen LogP contribution in [-0.4, -0.2) is 49.4 Å². The van der Waals surface area contributed by atoms with E-state index in [0.717, 1.165) is 5.69 Å². The fraction of sp³-hybridized carbons (Fsp3) is 0.333. The second kappa shape index (κ2) is 7.99. The lowest BCUT2D eigenvalue weighted by Gasteiger charge is -2.37. The van der Waals surface area contributed by atoms with E-state index in [9.17, 15) is 18.4 Å². The van der Waals surface area contributed by atoms with Gasteiger partial charge in [-0.05, 0) is 42.5 Å². The number of carbonyl (C=O) groups excluding carboxylic acids is 2. The summed E-state index contributed by atoms with van der Waals surface area (Å²) in [6, 6.07) is 10.4. The highest BCUT2D eigenvalue weighted by molar-refractivity contribution is 6.31. The highest BCUT2D eigenvalue weighted by atomic mass is 35.5.